The monoisotopic (exact) mass is 247 g/mol. The Kier molecular flexibility index (Phi) is 2.61. The minimum atomic E-state index is -0.995. The molecule has 2 aliphatic heterocycles. The van der Waals surface area contributed by atoms with Gasteiger partial charge in [0.05, 0.1) is 6.61 Å². The molecule has 18 heavy (non-hydrogen) atoms. The zero-order valence-electron chi connectivity index (χ0n) is 10.1. The maximum absolute atomic E-state index is 6.16. The quantitative estimate of drug-likeness (QED) is 0.555. The molecule has 0 radical (unpaired) electrons. The third-order valence-electron chi connectivity index (χ3n) is 3.28. The molecule has 3 rings (SSSR count). The Hall–Kier alpha value is -1.79. The Labute approximate surface area is 105 Å². The highest BCUT2D eigenvalue weighted by Gasteiger charge is 2.32. The van der Waals surface area contributed by atoms with E-state index in [0.717, 1.165) is 37.2 Å². The van der Waals surface area contributed by atoms with Crippen molar-refractivity contribution in [3.63, 3.8) is 0 Å². The van der Waals surface area contributed by atoms with Gasteiger partial charge in [-0.3, -0.25) is 11.2 Å². The minimum absolute atomic E-state index is 0.295. The van der Waals surface area contributed by atoms with E-state index in [1.54, 1.807) is 0 Å². The van der Waals surface area contributed by atoms with Crippen LogP contribution in [0.1, 0.15) is 24.0 Å². The third kappa shape index (κ3) is 1.89. The molecule has 0 spiro atoms. The summed E-state index contributed by atoms with van der Waals surface area (Å²) in [5.41, 5.74) is 19.4. The van der Waals surface area contributed by atoms with Crippen molar-refractivity contribution >= 4 is 5.96 Å². The van der Waals surface area contributed by atoms with Gasteiger partial charge in [0.2, 0.25) is 11.7 Å². The topological polar surface area (TPSA) is 97.7 Å². The van der Waals surface area contributed by atoms with Gasteiger partial charge < -0.3 is 10.5 Å². The van der Waals surface area contributed by atoms with E-state index < -0.39 is 5.79 Å². The highest BCUT2D eigenvalue weighted by atomic mass is 16.5. The first-order chi connectivity index (χ1) is 8.67. The van der Waals surface area contributed by atoms with E-state index in [1.165, 1.54) is 5.56 Å². The van der Waals surface area contributed by atoms with Gasteiger partial charge in [-0.25, -0.2) is 4.99 Å². The first kappa shape index (κ1) is 11.3. The molecular formula is C12H17N5O. The van der Waals surface area contributed by atoms with Crippen molar-refractivity contribution in [2.75, 3.05) is 6.61 Å². The molecular weight excluding hydrogens is 230 g/mol. The second-order valence-electron chi connectivity index (χ2n) is 4.64. The van der Waals surface area contributed by atoms with Crippen molar-refractivity contribution in [1.29, 1.82) is 0 Å². The van der Waals surface area contributed by atoms with E-state index in [1.807, 2.05) is 18.2 Å². The molecule has 1 aromatic carbocycles. The van der Waals surface area contributed by atoms with E-state index >= 15 is 0 Å². The number of rotatable bonds is 1. The van der Waals surface area contributed by atoms with Gasteiger partial charge in [0.1, 0.15) is 5.75 Å². The molecule has 1 unspecified atom stereocenters. The van der Waals surface area contributed by atoms with Crippen LogP contribution in [0.2, 0.25) is 0 Å². The molecule has 6 nitrogen and oxygen atoms in total. The lowest BCUT2D eigenvalue weighted by Gasteiger charge is -2.21. The van der Waals surface area contributed by atoms with Gasteiger partial charge >= 0.3 is 0 Å². The number of nitrogens with one attached hydrogen (secondary N) is 2. The second kappa shape index (κ2) is 4.15. The molecule has 0 saturated heterocycles. The van der Waals surface area contributed by atoms with E-state index in [0.29, 0.717) is 5.96 Å². The highest BCUT2D eigenvalue weighted by Crippen LogP contribution is 2.29. The van der Waals surface area contributed by atoms with Crippen molar-refractivity contribution < 1.29 is 4.74 Å². The number of hydrazine groups is 1. The van der Waals surface area contributed by atoms with Gasteiger partial charge in [0.25, 0.3) is 0 Å². The number of nitrogens with zero attached hydrogens (tertiary/aromatic N) is 1. The van der Waals surface area contributed by atoms with Gasteiger partial charge in [-0.2, -0.15) is 5.43 Å². The summed E-state index contributed by atoms with van der Waals surface area (Å²) in [7, 11) is 0. The van der Waals surface area contributed by atoms with Crippen LogP contribution in [0.15, 0.2) is 23.2 Å². The average Bonchev–Trinajstić information content (AvgIpc) is 2.60. The number of hydrogen-bond acceptors (Lipinski definition) is 6. The lowest BCUT2D eigenvalue weighted by Crippen LogP contribution is -2.50. The molecule has 0 saturated carbocycles. The van der Waals surface area contributed by atoms with Gasteiger partial charge in [0, 0.05) is 5.56 Å². The van der Waals surface area contributed by atoms with Gasteiger partial charge in [0.15, 0.2) is 0 Å². The zero-order valence-corrected chi connectivity index (χ0v) is 10.1. The SMILES string of the molecule is NC1=NC(N)(c2ccc3c(c2)CCCCO3)NN1. The molecule has 0 aromatic heterocycles. The molecule has 0 bridgehead atoms. The number of hydrogen-bond donors (Lipinski definition) is 4. The predicted octanol–water partition coefficient (Wildman–Crippen LogP) is -0.107. The Balaban J connectivity index is 1.97. The fourth-order valence-electron chi connectivity index (χ4n) is 2.29. The fourth-order valence-corrected chi connectivity index (χ4v) is 2.29. The molecule has 2 aliphatic rings. The molecule has 1 atom stereocenters. The summed E-state index contributed by atoms with van der Waals surface area (Å²) in [5.74, 6) is 0.247. The van der Waals surface area contributed by atoms with Crippen LogP contribution in [-0.4, -0.2) is 12.6 Å². The van der Waals surface area contributed by atoms with E-state index in [4.69, 9.17) is 16.2 Å². The lowest BCUT2D eigenvalue weighted by atomic mass is 10.0. The smallest absolute Gasteiger partial charge is 0.209 e. The Bertz CT molecular complexity index is 501. The molecule has 1 aromatic rings. The van der Waals surface area contributed by atoms with Crippen LogP contribution in [0.3, 0.4) is 0 Å². The summed E-state index contributed by atoms with van der Waals surface area (Å²) in [5, 5.41) is 0. The van der Waals surface area contributed by atoms with Crippen LogP contribution >= 0.6 is 0 Å². The predicted molar refractivity (Wildman–Crippen MR) is 68.6 cm³/mol. The normalized spacial score (nSPS) is 26.6. The van der Waals surface area contributed by atoms with E-state index in [2.05, 4.69) is 15.8 Å². The molecule has 0 fully saturated rings. The van der Waals surface area contributed by atoms with Crippen LogP contribution in [0.25, 0.3) is 0 Å². The summed E-state index contributed by atoms with van der Waals surface area (Å²) < 4.78 is 5.68. The maximum Gasteiger partial charge on any atom is 0.209 e. The Morgan fingerprint density at radius 3 is 3.00 bits per heavy atom. The molecule has 0 aliphatic carbocycles. The van der Waals surface area contributed by atoms with E-state index in [-0.39, 0.29) is 0 Å². The first-order valence-electron chi connectivity index (χ1n) is 6.11. The van der Waals surface area contributed by atoms with E-state index in [9.17, 15) is 0 Å². The van der Waals surface area contributed by atoms with Crippen LogP contribution in [-0.2, 0) is 12.2 Å². The Morgan fingerprint density at radius 2 is 2.22 bits per heavy atom. The molecule has 6 heteroatoms. The van der Waals surface area contributed by atoms with Crippen molar-refractivity contribution in [1.82, 2.24) is 10.9 Å². The number of fused-ring (bicyclic) bond motifs is 1. The fraction of sp³-hybridized carbons (Fsp3) is 0.417. The maximum atomic E-state index is 6.16. The highest BCUT2D eigenvalue weighted by molar-refractivity contribution is 5.79. The summed E-state index contributed by atoms with van der Waals surface area (Å²) in [6.07, 6.45) is 3.22. The van der Waals surface area contributed by atoms with Crippen LogP contribution < -0.4 is 27.1 Å². The summed E-state index contributed by atoms with van der Waals surface area (Å²) in [4.78, 5) is 4.17. The summed E-state index contributed by atoms with van der Waals surface area (Å²) in [6, 6.07) is 5.91. The summed E-state index contributed by atoms with van der Waals surface area (Å²) >= 11 is 0. The second-order valence-corrected chi connectivity index (χ2v) is 4.64. The lowest BCUT2D eigenvalue weighted by molar-refractivity contribution is 0.316. The van der Waals surface area contributed by atoms with Crippen molar-refractivity contribution in [3.05, 3.63) is 29.3 Å². The molecule has 2 heterocycles. The van der Waals surface area contributed by atoms with Crippen LogP contribution in [0.4, 0.5) is 0 Å². The Morgan fingerprint density at radius 1 is 1.33 bits per heavy atom. The number of nitrogens with two attached hydrogens (primary N) is 2. The molecule has 0 amide bonds. The number of benzene rings is 1. The van der Waals surface area contributed by atoms with Crippen molar-refractivity contribution in [2.45, 2.75) is 25.0 Å². The number of aryl methyl sites for hydroxylation is 1. The minimum Gasteiger partial charge on any atom is -0.493 e. The molecule has 96 valence electrons. The average molecular weight is 247 g/mol. The third-order valence-corrected chi connectivity index (χ3v) is 3.28. The first-order valence-corrected chi connectivity index (χ1v) is 6.11. The van der Waals surface area contributed by atoms with Crippen LogP contribution in [0, 0.1) is 0 Å². The number of ether oxygens (including phenoxy) is 1. The number of aliphatic imine (C=N–C) groups is 1. The van der Waals surface area contributed by atoms with Gasteiger partial charge in [-0.15, -0.1) is 0 Å². The van der Waals surface area contributed by atoms with Crippen molar-refractivity contribution in [3.8, 4) is 5.75 Å². The number of guanidine groups is 1. The summed E-state index contributed by atoms with van der Waals surface area (Å²) in [6.45, 7) is 0.783. The molecule has 6 N–H and O–H groups in total. The largest absolute Gasteiger partial charge is 0.493 e. The van der Waals surface area contributed by atoms with Gasteiger partial charge in [-0.1, -0.05) is 6.07 Å². The zero-order chi connectivity index (χ0) is 12.6. The van der Waals surface area contributed by atoms with Crippen LogP contribution in [0.5, 0.6) is 5.75 Å². The van der Waals surface area contributed by atoms with Gasteiger partial charge in [-0.05, 0) is 37.0 Å². The van der Waals surface area contributed by atoms with Crippen molar-refractivity contribution in [2.24, 2.45) is 16.5 Å². The standard InChI is InChI=1S/C12H17N5O/c13-11-15-12(14,17-16-11)9-4-5-10-8(7-9)3-1-2-6-18-10/h4-5,7,17H,1-3,6,14H2,(H3,13,15,16).